The molecule has 19 heavy (non-hydrogen) atoms. The standard InChI is InChI=1S/C12H13ClN4O2/c1-7-11(16-17-12(19)14-7)8-2-4-9(5-3-8)15-10(18)6-13/h2-5,7H,6H2,1H3,(H,15,18)(H2,14,17,19). The molecule has 2 rings (SSSR count). The summed E-state index contributed by atoms with van der Waals surface area (Å²) in [6, 6.07) is 6.66. The number of rotatable bonds is 3. The summed E-state index contributed by atoms with van der Waals surface area (Å²) in [6.45, 7) is 1.85. The SMILES string of the molecule is CC1NC(=O)NN=C1c1ccc(NC(=O)CCl)cc1. The molecule has 3 amide bonds. The number of benzene rings is 1. The fraction of sp³-hybridized carbons (Fsp3) is 0.250. The van der Waals surface area contributed by atoms with Gasteiger partial charge in [0, 0.05) is 11.3 Å². The predicted octanol–water partition coefficient (Wildman–Crippen LogP) is 1.27. The maximum absolute atomic E-state index is 11.1. The van der Waals surface area contributed by atoms with E-state index in [-0.39, 0.29) is 23.9 Å². The normalized spacial score (nSPS) is 18.1. The molecule has 0 saturated carbocycles. The second kappa shape index (κ2) is 5.71. The van der Waals surface area contributed by atoms with Crippen molar-refractivity contribution in [3.63, 3.8) is 0 Å². The van der Waals surface area contributed by atoms with Crippen molar-refractivity contribution in [2.24, 2.45) is 5.10 Å². The summed E-state index contributed by atoms with van der Waals surface area (Å²) in [7, 11) is 0. The number of anilines is 1. The van der Waals surface area contributed by atoms with Gasteiger partial charge >= 0.3 is 6.03 Å². The first kappa shape index (κ1) is 13.4. The molecule has 1 aliphatic heterocycles. The first-order chi connectivity index (χ1) is 9.10. The van der Waals surface area contributed by atoms with Gasteiger partial charge in [0.1, 0.15) is 5.88 Å². The molecule has 1 atom stereocenters. The minimum Gasteiger partial charge on any atom is -0.328 e. The lowest BCUT2D eigenvalue weighted by Crippen LogP contribution is -2.48. The van der Waals surface area contributed by atoms with Crippen molar-refractivity contribution in [3.05, 3.63) is 29.8 Å². The van der Waals surface area contributed by atoms with Gasteiger partial charge in [0.25, 0.3) is 0 Å². The number of carbonyl (C=O) groups excluding carboxylic acids is 2. The number of hydrogen-bond acceptors (Lipinski definition) is 3. The van der Waals surface area contributed by atoms with Gasteiger partial charge in [-0.15, -0.1) is 11.6 Å². The summed E-state index contributed by atoms with van der Waals surface area (Å²) < 4.78 is 0. The molecule has 6 nitrogen and oxygen atoms in total. The van der Waals surface area contributed by atoms with E-state index < -0.39 is 0 Å². The number of halogens is 1. The lowest BCUT2D eigenvalue weighted by atomic mass is 10.0. The quantitative estimate of drug-likeness (QED) is 0.729. The number of alkyl halides is 1. The zero-order chi connectivity index (χ0) is 13.8. The van der Waals surface area contributed by atoms with Crippen LogP contribution in [0.15, 0.2) is 29.4 Å². The molecule has 7 heteroatoms. The molecular formula is C12H13ClN4O2. The van der Waals surface area contributed by atoms with Crippen LogP contribution in [0.3, 0.4) is 0 Å². The molecule has 0 radical (unpaired) electrons. The maximum atomic E-state index is 11.1. The van der Waals surface area contributed by atoms with Gasteiger partial charge in [-0.05, 0) is 19.1 Å². The molecule has 0 bridgehead atoms. The third kappa shape index (κ3) is 3.23. The Hall–Kier alpha value is -2.08. The topological polar surface area (TPSA) is 82.6 Å². The van der Waals surface area contributed by atoms with Gasteiger partial charge in [-0.25, -0.2) is 10.2 Å². The van der Waals surface area contributed by atoms with Crippen molar-refractivity contribution in [1.82, 2.24) is 10.7 Å². The Balaban J connectivity index is 2.14. The molecular weight excluding hydrogens is 268 g/mol. The number of nitrogens with zero attached hydrogens (tertiary/aromatic N) is 1. The van der Waals surface area contributed by atoms with Gasteiger partial charge in [-0.2, -0.15) is 5.10 Å². The van der Waals surface area contributed by atoms with Crippen molar-refractivity contribution < 1.29 is 9.59 Å². The van der Waals surface area contributed by atoms with Crippen molar-refractivity contribution >= 4 is 34.9 Å². The minimum atomic E-state index is -0.317. The first-order valence-electron chi connectivity index (χ1n) is 5.70. The highest BCUT2D eigenvalue weighted by Gasteiger charge is 2.20. The maximum Gasteiger partial charge on any atom is 0.335 e. The molecule has 1 aliphatic rings. The number of nitrogens with one attached hydrogen (secondary N) is 3. The van der Waals surface area contributed by atoms with Crippen molar-refractivity contribution in [2.75, 3.05) is 11.2 Å². The highest BCUT2D eigenvalue weighted by molar-refractivity contribution is 6.29. The van der Waals surface area contributed by atoms with Gasteiger partial charge in [0.2, 0.25) is 5.91 Å². The number of hydrogen-bond donors (Lipinski definition) is 3. The lowest BCUT2D eigenvalue weighted by Gasteiger charge is -2.21. The van der Waals surface area contributed by atoms with Crippen LogP contribution in [0.2, 0.25) is 0 Å². The van der Waals surface area contributed by atoms with Crippen molar-refractivity contribution in [2.45, 2.75) is 13.0 Å². The molecule has 0 fully saturated rings. The monoisotopic (exact) mass is 280 g/mol. The third-order valence-electron chi connectivity index (χ3n) is 2.62. The van der Waals surface area contributed by atoms with Crippen LogP contribution in [-0.2, 0) is 4.79 Å². The van der Waals surface area contributed by atoms with Crippen molar-refractivity contribution in [1.29, 1.82) is 0 Å². The van der Waals surface area contributed by atoms with Gasteiger partial charge in [0.05, 0.1) is 11.8 Å². The second-order valence-corrected chi connectivity index (χ2v) is 4.33. The average Bonchev–Trinajstić information content (AvgIpc) is 2.40. The Labute approximate surface area is 115 Å². The van der Waals surface area contributed by atoms with Crippen LogP contribution in [0.5, 0.6) is 0 Å². The third-order valence-corrected chi connectivity index (χ3v) is 2.86. The first-order valence-corrected chi connectivity index (χ1v) is 6.24. The van der Waals surface area contributed by atoms with E-state index in [1.807, 2.05) is 19.1 Å². The van der Waals surface area contributed by atoms with E-state index in [0.29, 0.717) is 5.69 Å². The highest BCUT2D eigenvalue weighted by Crippen LogP contribution is 2.13. The van der Waals surface area contributed by atoms with Crippen LogP contribution < -0.4 is 16.1 Å². The van der Waals surface area contributed by atoms with E-state index in [1.165, 1.54) is 0 Å². The van der Waals surface area contributed by atoms with E-state index in [2.05, 4.69) is 21.2 Å². The van der Waals surface area contributed by atoms with E-state index in [1.54, 1.807) is 12.1 Å². The van der Waals surface area contributed by atoms with E-state index in [4.69, 9.17) is 11.6 Å². The number of carbonyl (C=O) groups is 2. The Morgan fingerprint density at radius 1 is 1.42 bits per heavy atom. The minimum absolute atomic E-state index is 0.0819. The summed E-state index contributed by atoms with van der Waals surface area (Å²) in [5.41, 5.74) is 4.63. The second-order valence-electron chi connectivity index (χ2n) is 4.06. The predicted molar refractivity (Wildman–Crippen MR) is 73.5 cm³/mol. The Morgan fingerprint density at radius 3 is 2.68 bits per heavy atom. The van der Waals surface area contributed by atoms with Crippen LogP contribution in [0.1, 0.15) is 12.5 Å². The van der Waals surface area contributed by atoms with Gasteiger partial charge in [-0.1, -0.05) is 12.1 Å². The summed E-state index contributed by atoms with van der Waals surface area (Å²) in [6.07, 6.45) is 0. The molecule has 0 aliphatic carbocycles. The Morgan fingerprint density at radius 2 is 2.11 bits per heavy atom. The molecule has 1 unspecified atom stereocenters. The van der Waals surface area contributed by atoms with Crippen LogP contribution in [0.4, 0.5) is 10.5 Å². The highest BCUT2D eigenvalue weighted by atomic mass is 35.5. The van der Waals surface area contributed by atoms with Crippen LogP contribution in [-0.4, -0.2) is 29.6 Å². The number of urea groups is 1. The van der Waals surface area contributed by atoms with Gasteiger partial charge in [-0.3, -0.25) is 4.79 Å². The van der Waals surface area contributed by atoms with E-state index >= 15 is 0 Å². The fourth-order valence-corrected chi connectivity index (χ4v) is 1.81. The molecule has 1 aromatic rings. The Kier molecular flexibility index (Phi) is 4.01. The largest absolute Gasteiger partial charge is 0.335 e. The summed E-state index contributed by atoms with van der Waals surface area (Å²) in [4.78, 5) is 22.2. The van der Waals surface area contributed by atoms with Crippen LogP contribution in [0, 0.1) is 0 Å². The fourth-order valence-electron chi connectivity index (χ4n) is 1.74. The van der Waals surface area contributed by atoms with Gasteiger partial charge < -0.3 is 10.6 Å². The van der Waals surface area contributed by atoms with Gasteiger partial charge in [0.15, 0.2) is 0 Å². The molecule has 0 spiro atoms. The zero-order valence-corrected chi connectivity index (χ0v) is 11.0. The number of amides is 3. The summed E-state index contributed by atoms with van der Waals surface area (Å²) in [5, 5.41) is 9.37. The zero-order valence-electron chi connectivity index (χ0n) is 10.2. The summed E-state index contributed by atoms with van der Waals surface area (Å²) in [5.74, 6) is -0.340. The summed E-state index contributed by atoms with van der Waals surface area (Å²) >= 11 is 5.41. The molecule has 0 aromatic heterocycles. The van der Waals surface area contributed by atoms with Crippen LogP contribution in [0.25, 0.3) is 0 Å². The molecule has 1 aromatic carbocycles. The van der Waals surface area contributed by atoms with Crippen LogP contribution >= 0.6 is 11.6 Å². The molecule has 1 heterocycles. The molecule has 0 saturated heterocycles. The van der Waals surface area contributed by atoms with E-state index in [9.17, 15) is 9.59 Å². The van der Waals surface area contributed by atoms with E-state index in [0.717, 1.165) is 11.3 Å². The Bertz CT molecular complexity index is 527. The average molecular weight is 281 g/mol. The lowest BCUT2D eigenvalue weighted by molar-refractivity contribution is -0.113. The molecule has 100 valence electrons. The smallest absolute Gasteiger partial charge is 0.328 e. The van der Waals surface area contributed by atoms with Crippen molar-refractivity contribution in [3.8, 4) is 0 Å². The number of hydrazone groups is 1. The molecule has 3 N–H and O–H groups in total.